The van der Waals surface area contributed by atoms with Crippen molar-refractivity contribution in [3.05, 3.63) is 56.2 Å². The van der Waals surface area contributed by atoms with E-state index in [0.29, 0.717) is 23.7 Å². The van der Waals surface area contributed by atoms with Gasteiger partial charge in [-0.05, 0) is 25.8 Å². The number of nitrogens with one attached hydrogen (secondary N) is 1. The first-order valence-electron chi connectivity index (χ1n) is 8.81. The van der Waals surface area contributed by atoms with Gasteiger partial charge in [0.1, 0.15) is 0 Å². The maximum Gasteiger partial charge on any atom is 0.332 e. The summed E-state index contributed by atoms with van der Waals surface area (Å²) in [5, 5.41) is 3.36. The Bertz CT molecular complexity index is 1060. The fourth-order valence-electron chi connectivity index (χ4n) is 2.91. The Labute approximate surface area is 151 Å². The molecule has 2 aromatic heterocycles. The van der Waals surface area contributed by atoms with Crippen LogP contribution in [-0.4, -0.2) is 24.7 Å². The van der Waals surface area contributed by atoms with E-state index in [1.807, 2.05) is 35.8 Å². The zero-order chi connectivity index (χ0) is 19.0. The molecule has 138 valence electrons. The summed E-state index contributed by atoms with van der Waals surface area (Å²) in [4.78, 5) is 29.6. The van der Waals surface area contributed by atoms with E-state index in [-0.39, 0.29) is 17.3 Å². The van der Waals surface area contributed by atoms with E-state index < -0.39 is 0 Å². The van der Waals surface area contributed by atoms with E-state index in [0.717, 1.165) is 16.6 Å². The molecule has 0 spiro atoms. The van der Waals surface area contributed by atoms with Crippen molar-refractivity contribution in [1.82, 2.24) is 18.7 Å². The van der Waals surface area contributed by atoms with Crippen LogP contribution in [0.1, 0.15) is 31.4 Å². The summed E-state index contributed by atoms with van der Waals surface area (Å²) < 4.78 is 4.42. The van der Waals surface area contributed by atoms with E-state index in [4.69, 9.17) is 0 Å². The Morgan fingerprint density at radius 3 is 2.38 bits per heavy atom. The number of hydrogen-bond donors (Lipinski definition) is 1. The Morgan fingerprint density at radius 1 is 1.12 bits per heavy atom. The monoisotopic (exact) mass is 355 g/mol. The smallest absolute Gasteiger partial charge is 0.332 e. The SMILES string of the molecule is CC[C@H](C)Nc1nc2c(c(=O)n(C)c(=O)n2C)n1Cc1ccc(C)cc1. The summed E-state index contributed by atoms with van der Waals surface area (Å²) in [6.45, 7) is 6.69. The van der Waals surface area contributed by atoms with Gasteiger partial charge in [-0.3, -0.25) is 18.5 Å². The van der Waals surface area contributed by atoms with E-state index in [1.165, 1.54) is 17.2 Å². The van der Waals surface area contributed by atoms with Gasteiger partial charge in [-0.25, -0.2) is 4.79 Å². The van der Waals surface area contributed by atoms with Crippen molar-refractivity contribution in [2.24, 2.45) is 14.1 Å². The molecule has 26 heavy (non-hydrogen) atoms. The largest absolute Gasteiger partial charge is 0.353 e. The van der Waals surface area contributed by atoms with Gasteiger partial charge in [0.2, 0.25) is 5.95 Å². The molecule has 3 rings (SSSR count). The van der Waals surface area contributed by atoms with Crippen molar-refractivity contribution in [3.63, 3.8) is 0 Å². The third-order valence-corrected chi connectivity index (χ3v) is 4.80. The first-order valence-corrected chi connectivity index (χ1v) is 8.81. The average molecular weight is 355 g/mol. The van der Waals surface area contributed by atoms with Crippen LogP contribution in [0.15, 0.2) is 33.9 Å². The Hall–Kier alpha value is -2.83. The molecule has 0 fully saturated rings. The number of aryl methyl sites for hydroxylation is 2. The van der Waals surface area contributed by atoms with Gasteiger partial charge in [-0.2, -0.15) is 4.98 Å². The Kier molecular flexibility index (Phi) is 4.71. The van der Waals surface area contributed by atoms with Crippen LogP contribution < -0.4 is 16.6 Å². The first kappa shape index (κ1) is 18.0. The number of benzene rings is 1. The molecule has 7 heteroatoms. The van der Waals surface area contributed by atoms with Crippen LogP contribution >= 0.6 is 0 Å². The van der Waals surface area contributed by atoms with E-state index in [9.17, 15) is 9.59 Å². The molecule has 0 unspecified atom stereocenters. The van der Waals surface area contributed by atoms with Crippen molar-refractivity contribution in [1.29, 1.82) is 0 Å². The second-order valence-electron chi connectivity index (χ2n) is 6.84. The third-order valence-electron chi connectivity index (χ3n) is 4.80. The van der Waals surface area contributed by atoms with E-state index >= 15 is 0 Å². The lowest BCUT2D eigenvalue weighted by Gasteiger charge is -2.15. The van der Waals surface area contributed by atoms with Crippen LogP contribution in [0.2, 0.25) is 0 Å². The van der Waals surface area contributed by atoms with Crippen molar-refractivity contribution >= 4 is 17.1 Å². The molecule has 1 N–H and O–H groups in total. The highest BCUT2D eigenvalue weighted by Gasteiger charge is 2.20. The summed E-state index contributed by atoms with van der Waals surface area (Å²) >= 11 is 0. The van der Waals surface area contributed by atoms with Crippen LogP contribution in [0.3, 0.4) is 0 Å². The van der Waals surface area contributed by atoms with Gasteiger partial charge in [0.15, 0.2) is 11.2 Å². The molecule has 1 aromatic carbocycles. The fourth-order valence-corrected chi connectivity index (χ4v) is 2.91. The Balaban J connectivity index is 2.25. The number of anilines is 1. The highest BCUT2D eigenvalue weighted by atomic mass is 16.2. The number of fused-ring (bicyclic) bond motifs is 1. The molecule has 2 heterocycles. The van der Waals surface area contributed by atoms with Crippen molar-refractivity contribution < 1.29 is 0 Å². The van der Waals surface area contributed by atoms with E-state index in [2.05, 4.69) is 24.1 Å². The molecule has 0 aliphatic heterocycles. The number of aromatic nitrogens is 4. The number of hydrogen-bond acceptors (Lipinski definition) is 4. The highest BCUT2D eigenvalue weighted by Crippen LogP contribution is 2.19. The van der Waals surface area contributed by atoms with Gasteiger partial charge in [0.25, 0.3) is 5.56 Å². The highest BCUT2D eigenvalue weighted by molar-refractivity contribution is 5.74. The quantitative estimate of drug-likeness (QED) is 0.760. The maximum atomic E-state index is 12.8. The molecule has 0 saturated heterocycles. The van der Waals surface area contributed by atoms with Gasteiger partial charge in [-0.1, -0.05) is 36.8 Å². The zero-order valence-electron chi connectivity index (χ0n) is 15.9. The minimum absolute atomic E-state index is 0.199. The van der Waals surface area contributed by atoms with E-state index in [1.54, 1.807) is 7.05 Å². The van der Waals surface area contributed by atoms with Crippen molar-refractivity contribution in [2.45, 2.75) is 39.8 Å². The summed E-state index contributed by atoms with van der Waals surface area (Å²) in [5.74, 6) is 0.605. The standard InChI is InChI=1S/C19H25N5O2/c1-6-13(3)20-18-21-16-15(17(25)23(5)19(26)22(16)4)24(18)11-14-9-7-12(2)8-10-14/h7-10,13H,6,11H2,1-5H3,(H,20,21)/t13-/m0/s1. The predicted octanol–water partition coefficient (Wildman–Crippen LogP) is 2.00. The molecule has 0 radical (unpaired) electrons. The number of nitrogens with zero attached hydrogens (tertiary/aromatic N) is 4. The van der Waals surface area contributed by atoms with Crippen LogP contribution in [0, 0.1) is 6.92 Å². The summed E-state index contributed by atoms with van der Waals surface area (Å²) in [7, 11) is 3.13. The van der Waals surface area contributed by atoms with Gasteiger partial charge in [-0.15, -0.1) is 0 Å². The Morgan fingerprint density at radius 2 is 1.77 bits per heavy atom. The average Bonchev–Trinajstić information content (AvgIpc) is 2.98. The topological polar surface area (TPSA) is 73.8 Å². The van der Waals surface area contributed by atoms with Crippen molar-refractivity contribution in [2.75, 3.05) is 5.32 Å². The molecule has 3 aromatic rings. The van der Waals surface area contributed by atoms with Gasteiger partial charge < -0.3 is 5.32 Å². The molecule has 0 aliphatic rings. The minimum atomic E-state index is -0.377. The molecule has 0 bridgehead atoms. The maximum absolute atomic E-state index is 12.8. The summed E-state index contributed by atoms with van der Waals surface area (Å²) in [6, 6.07) is 8.37. The van der Waals surface area contributed by atoms with Crippen LogP contribution in [0.4, 0.5) is 5.95 Å². The summed E-state index contributed by atoms with van der Waals surface area (Å²) in [5.41, 5.74) is 2.37. The fraction of sp³-hybridized carbons (Fsp3) is 0.421. The zero-order valence-corrected chi connectivity index (χ0v) is 15.9. The molecule has 7 nitrogen and oxygen atoms in total. The lowest BCUT2D eigenvalue weighted by molar-refractivity contribution is 0.701. The molecule has 0 aliphatic carbocycles. The van der Waals surface area contributed by atoms with Crippen LogP contribution in [0.5, 0.6) is 0 Å². The molecular formula is C19H25N5O2. The second-order valence-corrected chi connectivity index (χ2v) is 6.84. The predicted molar refractivity (Wildman–Crippen MR) is 104 cm³/mol. The normalized spacial score (nSPS) is 12.5. The van der Waals surface area contributed by atoms with Gasteiger partial charge in [0, 0.05) is 20.1 Å². The first-order chi connectivity index (χ1) is 12.3. The number of imidazole rings is 1. The minimum Gasteiger partial charge on any atom is -0.353 e. The lowest BCUT2D eigenvalue weighted by atomic mass is 10.1. The number of rotatable bonds is 5. The van der Waals surface area contributed by atoms with Crippen LogP contribution in [-0.2, 0) is 20.6 Å². The van der Waals surface area contributed by atoms with Gasteiger partial charge >= 0.3 is 5.69 Å². The lowest BCUT2D eigenvalue weighted by Crippen LogP contribution is -2.37. The molecule has 1 atom stereocenters. The van der Waals surface area contributed by atoms with Gasteiger partial charge in [0.05, 0.1) is 6.54 Å². The molecule has 0 saturated carbocycles. The molecular weight excluding hydrogens is 330 g/mol. The summed E-state index contributed by atoms with van der Waals surface area (Å²) in [6.07, 6.45) is 0.921. The third kappa shape index (κ3) is 3.05. The van der Waals surface area contributed by atoms with Crippen LogP contribution in [0.25, 0.3) is 11.2 Å². The molecule has 0 amide bonds. The second kappa shape index (κ2) is 6.82. The van der Waals surface area contributed by atoms with Crippen molar-refractivity contribution in [3.8, 4) is 0 Å².